The highest BCUT2D eigenvalue weighted by Crippen LogP contribution is 2.40. The molecule has 3 aromatic rings. The summed E-state index contributed by atoms with van der Waals surface area (Å²) < 4.78 is 17.5. The quantitative estimate of drug-likeness (QED) is 0.645. The van der Waals surface area contributed by atoms with Crippen molar-refractivity contribution in [3.05, 3.63) is 64.4 Å². The minimum absolute atomic E-state index is 0.160. The lowest BCUT2D eigenvalue weighted by molar-refractivity contribution is -0.114. The van der Waals surface area contributed by atoms with Gasteiger partial charge < -0.3 is 19.5 Å². The molecule has 0 atom stereocenters. The summed E-state index contributed by atoms with van der Waals surface area (Å²) in [4.78, 5) is 23.7. The Balaban J connectivity index is 1.98. The number of methoxy groups -OCH3 is 3. The third-order valence-corrected chi connectivity index (χ3v) is 4.41. The van der Waals surface area contributed by atoms with E-state index in [0.717, 1.165) is 5.56 Å². The Hall–Kier alpha value is -3.81. The normalized spacial score (nSPS) is 10.4. The number of nitrogens with zero attached hydrogens (tertiary/aromatic N) is 2. The fourth-order valence-electron chi connectivity index (χ4n) is 3.07. The summed E-state index contributed by atoms with van der Waals surface area (Å²) in [6, 6.07) is 13.9. The van der Waals surface area contributed by atoms with Crippen molar-refractivity contribution in [1.29, 1.82) is 0 Å². The second-order valence-corrected chi connectivity index (χ2v) is 6.51. The second kappa shape index (κ2) is 9.13. The second-order valence-electron chi connectivity index (χ2n) is 6.51. The molecular formula is C22H23N3O5. The van der Waals surface area contributed by atoms with E-state index in [2.05, 4.69) is 10.4 Å². The lowest BCUT2D eigenvalue weighted by Crippen LogP contribution is -2.23. The van der Waals surface area contributed by atoms with Crippen molar-refractivity contribution < 1.29 is 19.0 Å². The predicted molar refractivity (Wildman–Crippen MR) is 113 cm³/mol. The average Bonchev–Trinajstić information content (AvgIpc) is 2.74. The minimum atomic E-state index is -0.240. The van der Waals surface area contributed by atoms with Crippen LogP contribution in [0.15, 0.2) is 53.3 Å². The van der Waals surface area contributed by atoms with Crippen molar-refractivity contribution in [2.24, 2.45) is 0 Å². The number of hydrogen-bond acceptors (Lipinski definition) is 6. The van der Waals surface area contributed by atoms with Crippen LogP contribution in [0.5, 0.6) is 17.2 Å². The van der Waals surface area contributed by atoms with Crippen molar-refractivity contribution in [1.82, 2.24) is 9.78 Å². The van der Waals surface area contributed by atoms with Crippen LogP contribution in [0.2, 0.25) is 0 Å². The van der Waals surface area contributed by atoms with Crippen LogP contribution in [0, 0.1) is 0 Å². The van der Waals surface area contributed by atoms with Gasteiger partial charge in [-0.1, -0.05) is 12.1 Å². The molecule has 0 saturated heterocycles. The zero-order valence-electron chi connectivity index (χ0n) is 17.3. The maximum absolute atomic E-state index is 12.4. The molecule has 0 bridgehead atoms. The van der Waals surface area contributed by atoms with Crippen LogP contribution in [0.3, 0.4) is 0 Å². The van der Waals surface area contributed by atoms with E-state index in [1.807, 2.05) is 18.2 Å². The van der Waals surface area contributed by atoms with Gasteiger partial charge in [-0.2, -0.15) is 5.10 Å². The molecule has 2 aromatic carbocycles. The molecule has 0 fully saturated rings. The first kappa shape index (κ1) is 20.9. The number of benzene rings is 2. The van der Waals surface area contributed by atoms with Gasteiger partial charge in [0.1, 0.15) is 0 Å². The highest BCUT2D eigenvalue weighted by Gasteiger charge is 2.15. The molecular weight excluding hydrogens is 386 g/mol. The summed E-state index contributed by atoms with van der Waals surface area (Å²) in [5, 5.41) is 7.23. The first-order chi connectivity index (χ1) is 14.4. The molecule has 1 N–H and O–H groups in total. The first-order valence-electron chi connectivity index (χ1n) is 9.20. The molecule has 0 unspecified atom stereocenters. The number of carbonyl (C=O) groups is 1. The van der Waals surface area contributed by atoms with Gasteiger partial charge in [-0.25, -0.2) is 4.68 Å². The molecule has 156 valence electrons. The standard InChI is InChI=1S/C22H23N3O5/c1-14(26)23-17-7-5-6-15(10-17)13-25-21(27)9-8-18(24-25)16-11-19(28-2)22(30-4)20(12-16)29-3/h5-12H,13H2,1-4H3,(H,23,26). The third-order valence-electron chi connectivity index (χ3n) is 4.41. The van der Waals surface area contributed by atoms with Crippen LogP contribution in [0.1, 0.15) is 12.5 Å². The molecule has 0 aliphatic heterocycles. The number of rotatable bonds is 7. The van der Waals surface area contributed by atoms with Gasteiger partial charge in [0, 0.05) is 24.2 Å². The van der Waals surface area contributed by atoms with Crippen LogP contribution >= 0.6 is 0 Å². The van der Waals surface area contributed by atoms with Gasteiger partial charge in [-0.3, -0.25) is 9.59 Å². The number of nitrogens with one attached hydrogen (secondary N) is 1. The van der Waals surface area contributed by atoms with Crippen LogP contribution in [-0.2, 0) is 11.3 Å². The van der Waals surface area contributed by atoms with Crippen LogP contribution in [-0.4, -0.2) is 37.0 Å². The predicted octanol–water partition coefficient (Wildman–Crippen LogP) is 2.94. The van der Waals surface area contributed by atoms with Gasteiger partial charge in [0.25, 0.3) is 5.56 Å². The number of ether oxygens (including phenoxy) is 3. The zero-order valence-corrected chi connectivity index (χ0v) is 17.3. The highest BCUT2D eigenvalue weighted by molar-refractivity contribution is 5.88. The molecule has 1 amide bonds. The smallest absolute Gasteiger partial charge is 0.267 e. The number of aromatic nitrogens is 2. The van der Waals surface area contributed by atoms with Crippen molar-refractivity contribution in [3.8, 4) is 28.5 Å². The van der Waals surface area contributed by atoms with Crippen LogP contribution in [0.25, 0.3) is 11.3 Å². The van der Waals surface area contributed by atoms with E-state index >= 15 is 0 Å². The van der Waals surface area contributed by atoms with Crippen molar-refractivity contribution >= 4 is 11.6 Å². The van der Waals surface area contributed by atoms with Crippen LogP contribution < -0.4 is 25.1 Å². The van der Waals surface area contributed by atoms with Crippen molar-refractivity contribution in [2.45, 2.75) is 13.5 Å². The lowest BCUT2D eigenvalue weighted by atomic mass is 10.1. The van der Waals surface area contributed by atoms with Gasteiger partial charge in [-0.05, 0) is 35.9 Å². The van der Waals surface area contributed by atoms with Gasteiger partial charge in [0.15, 0.2) is 11.5 Å². The van der Waals surface area contributed by atoms with Gasteiger partial charge >= 0.3 is 0 Å². The Morgan fingerprint density at radius 1 is 1.00 bits per heavy atom. The molecule has 0 radical (unpaired) electrons. The Bertz CT molecular complexity index is 1100. The average molecular weight is 409 g/mol. The topological polar surface area (TPSA) is 91.7 Å². The fourth-order valence-corrected chi connectivity index (χ4v) is 3.07. The van der Waals surface area contributed by atoms with E-state index in [1.54, 1.807) is 24.3 Å². The summed E-state index contributed by atoms with van der Waals surface area (Å²) in [6.45, 7) is 1.70. The van der Waals surface area contributed by atoms with E-state index in [0.29, 0.717) is 34.2 Å². The number of carbonyl (C=O) groups excluding carboxylic acids is 1. The molecule has 0 aliphatic rings. The maximum Gasteiger partial charge on any atom is 0.267 e. The van der Waals surface area contributed by atoms with E-state index < -0.39 is 0 Å². The van der Waals surface area contributed by atoms with Gasteiger partial charge in [0.05, 0.1) is 33.6 Å². The minimum Gasteiger partial charge on any atom is -0.493 e. The Kier molecular flexibility index (Phi) is 6.36. The Labute approximate surface area is 174 Å². The van der Waals surface area contributed by atoms with E-state index in [9.17, 15) is 9.59 Å². The van der Waals surface area contributed by atoms with Crippen LogP contribution in [0.4, 0.5) is 5.69 Å². The summed E-state index contributed by atoms with van der Waals surface area (Å²) >= 11 is 0. The largest absolute Gasteiger partial charge is 0.493 e. The molecule has 1 heterocycles. The number of hydrogen-bond donors (Lipinski definition) is 1. The fraction of sp³-hybridized carbons (Fsp3) is 0.227. The SMILES string of the molecule is COc1cc(-c2ccc(=O)n(Cc3cccc(NC(C)=O)c3)n2)cc(OC)c1OC. The molecule has 3 rings (SSSR count). The molecule has 0 spiro atoms. The highest BCUT2D eigenvalue weighted by atomic mass is 16.5. The molecule has 1 aromatic heterocycles. The molecule has 0 saturated carbocycles. The molecule has 0 aliphatic carbocycles. The monoisotopic (exact) mass is 409 g/mol. The number of amides is 1. The van der Waals surface area contributed by atoms with E-state index in [4.69, 9.17) is 14.2 Å². The summed E-state index contributed by atoms with van der Waals surface area (Å²) in [5.74, 6) is 1.31. The number of anilines is 1. The summed E-state index contributed by atoms with van der Waals surface area (Å²) in [5.41, 5.74) is 2.54. The van der Waals surface area contributed by atoms with E-state index in [1.165, 1.54) is 39.0 Å². The van der Waals surface area contributed by atoms with E-state index in [-0.39, 0.29) is 18.0 Å². The third kappa shape index (κ3) is 4.60. The summed E-state index contributed by atoms with van der Waals surface area (Å²) in [6.07, 6.45) is 0. The first-order valence-corrected chi connectivity index (χ1v) is 9.20. The summed E-state index contributed by atoms with van der Waals surface area (Å²) in [7, 11) is 4.61. The molecule has 8 heteroatoms. The maximum atomic E-state index is 12.4. The van der Waals surface area contributed by atoms with Gasteiger partial charge in [-0.15, -0.1) is 0 Å². The Morgan fingerprint density at radius 3 is 2.30 bits per heavy atom. The zero-order chi connectivity index (χ0) is 21.7. The lowest BCUT2D eigenvalue weighted by Gasteiger charge is -2.14. The van der Waals surface area contributed by atoms with Gasteiger partial charge in [0.2, 0.25) is 11.7 Å². The molecule has 30 heavy (non-hydrogen) atoms. The Morgan fingerprint density at radius 2 is 1.70 bits per heavy atom. The molecule has 8 nitrogen and oxygen atoms in total. The van der Waals surface area contributed by atoms with Crippen molar-refractivity contribution in [3.63, 3.8) is 0 Å². The van der Waals surface area contributed by atoms with Crippen molar-refractivity contribution in [2.75, 3.05) is 26.6 Å².